The van der Waals surface area contributed by atoms with Gasteiger partial charge in [-0.2, -0.15) is 8.78 Å². The van der Waals surface area contributed by atoms with Crippen molar-refractivity contribution in [1.82, 2.24) is 4.90 Å². The van der Waals surface area contributed by atoms with Crippen molar-refractivity contribution in [2.75, 3.05) is 19.7 Å². The lowest BCUT2D eigenvalue weighted by Gasteiger charge is -2.21. The van der Waals surface area contributed by atoms with Crippen LogP contribution in [0.3, 0.4) is 0 Å². The number of ether oxygens (including phenoxy) is 2. The highest BCUT2D eigenvalue weighted by Gasteiger charge is 2.19. The van der Waals surface area contributed by atoms with Gasteiger partial charge in [0.2, 0.25) is 0 Å². The summed E-state index contributed by atoms with van der Waals surface area (Å²) in [6, 6.07) is 5.48. The largest absolute Gasteiger partial charge is 0.465 e. The van der Waals surface area contributed by atoms with Crippen LogP contribution in [0.5, 0.6) is 5.75 Å². The first kappa shape index (κ1) is 17.9. The van der Waals surface area contributed by atoms with E-state index in [0.29, 0.717) is 13.0 Å². The van der Waals surface area contributed by atoms with Gasteiger partial charge in [-0.1, -0.05) is 13.0 Å². The molecule has 1 aromatic carbocycles. The molecule has 1 rings (SSSR count). The van der Waals surface area contributed by atoms with E-state index in [1.165, 1.54) is 29.2 Å². The van der Waals surface area contributed by atoms with Gasteiger partial charge in [0.1, 0.15) is 12.3 Å². The molecule has 0 aliphatic heterocycles. The van der Waals surface area contributed by atoms with E-state index in [9.17, 15) is 18.4 Å². The molecule has 0 N–H and O–H groups in total. The van der Waals surface area contributed by atoms with Crippen molar-refractivity contribution >= 4 is 11.9 Å². The molecule has 0 aromatic heterocycles. The third kappa shape index (κ3) is 5.67. The normalized spacial score (nSPS) is 10.4. The molecule has 0 aliphatic carbocycles. The van der Waals surface area contributed by atoms with Gasteiger partial charge in [-0.05, 0) is 31.5 Å². The van der Waals surface area contributed by atoms with Crippen molar-refractivity contribution in [1.29, 1.82) is 0 Å². The molecular formula is C15H19F2NO4. The van der Waals surface area contributed by atoms with E-state index in [-0.39, 0.29) is 24.5 Å². The van der Waals surface area contributed by atoms with E-state index in [4.69, 9.17) is 4.74 Å². The van der Waals surface area contributed by atoms with Gasteiger partial charge in [0, 0.05) is 12.1 Å². The van der Waals surface area contributed by atoms with Crippen LogP contribution in [0.4, 0.5) is 8.78 Å². The maximum absolute atomic E-state index is 12.4. The number of carbonyl (C=O) groups is 2. The molecule has 0 radical (unpaired) electrons. The van der Waals surface area contributed by atoms with E-state index in [1.54, 1.807) is 6.92 Å². The third-order valence-corrected chi connectivity index (χ3v) is 2.71. The highest BCUT2D eigenvalue weighted by Crippen LogP contribution is 2.17. The van der Waals surface area contributed by atoms with Crippen molar-refractivity contribution in [2.45, 2.75) is 26.9 Å². The van der Waals surface area contributed by atoms with Crippen LogP contribution >= 0.6 is 0 Å². The zero-order chi connectivity index (χ0) is 16.5. The van der Waals surface area contributed by atoms with Gasteiger partial charge in [0.25, 0.3) is 5.91 Å². The second-order valence-corrected chi connectivity index (χ2v) is 4.44. The highest BCUT2D eigenvalue weighted by molar-refractivity contribution is 5.96. The molecule has 5 nitrogen and oxygen atoms in total. The minimum atomic E-state index is -2.96. The molecule has 22 heavy (non-hydrogen) atoms. The van der Waals surface area contributed by atoms with Crippen LogP contribution in [0.15, 0.2) is 24.3 Å². The van der Waals surface area contributed by atoms with E-state index in [1.807, 2.05) is 6.92 Å². The average Bonchev–Trinajstić information content (AvgIpc) is 2.46. The van der Waals surface area contributed by atoms with E-state index in [0.717, 1.165) is 0 Å². The van der Waals surface area contributed by atoms with Crippen LogP contribution in [-0.4, -0.2) is 43.1 Å². The third-order valence-electron chi connectivity index (χ3n) is 2.71. The highest BCUT2D eigenvalue weighted by atomic mass is 19.3. The molecule has 0 heterocycles. The molecule has 0 saturated carbocycles. The number of nitrogens with zero attached hydrogens (tertiary/aromatic N) is 1. The zero-order valence-electron chi connectivity index (χ0n) is 12.6. The standard InChI is InChI=1S/C15H19F2NO4/c1-3-8-18(10-13(19)21-4-2)14(20)11-6-5-7-12(9-11)22-15(16)17/h5-7,9,15H,3-4,8,10H2,1-2H3. The Morgan fingerprint density at radius 1 is 1.27 bits per heavy atom. The topological polar surface area (TPSA) is 55.8 Å². The molecule has 0 fully saturated rings. The van der Waals surface area contributed by atoms with Crippen LogP contribution < -0.4 is 4.74 Å². The Morgan fingerprint density at radius 3 is 2.59 bits per heavy atom. The minimum absolute atomic E-state index is 0.103. The molecule has 1 amide bonds. The maximum atomic E-state index is 12.4. The molecule has 0 saturated heterocycles. The van der Waals surface area contributed by atoms with Gasteiger partial charge in [0.05, 0.1) is 6.61 Å². The number of hydrogen-bond donors (Lipinski definition) is 0. The molecule has 0 unspecified atom stereocenters. The van der Waals surface area contributed by atoms with E-state index < -0.39 is 18.5 Å². The zero-order valence-corrected chi connectivity index (χ0v) is 12.6. The summed E-state index contributed by atoms with van der Waals surface area (Å²) < 4.78 is 33.5. The predicted octanol–water partition coefficient (Wildman–Crippen LogP) is 2.70. The Morgan fingerprint density at radius 2 is 2.00 bits per heavy atom. The number of esters is 1. The Kier molecular flexibility index (Phi) is 7.28. The summed E-state index contributed by atoms with van der Waals surface area (Å²) >= 11 is 0. The maximum Gasteiger partial charge on any atom is 0.387 e. The Hall–Kier alpha value is -2.18. The summed E-state index contributed by atoms with van der Waals surface area (Å²) in [5.41, 5.74) is 0.177. The van der Waals surface area contributed by atoms with E-state index in [2.05, 4.69) is 4.74 Å². The molecular weight excluding hydrogens is 296 g/mol. The molecule has 0 spiro atoms. The molecule has 1 aromatic rings. The first-order chi connectivity index (χ1) is 10.5. The van der Waals surface area contributed by atoms with Gasteiger partial charge in [-0.25, -0.2) is 0 Å². The lowest BCUT2D eigenvalue weighted by atomic mass is 10.2. The molecule has 0 atom stereocenters. The predicted molar refractivity (Wildman–Crippen MR) is 75.9 cm³/mol. The van der Waals surface area contributed by atoms with Crippen molar-refractivity contribution in [3.05, 3.63) is 29.8 Å². The van der Waals surface area contributed by atoms with Crippen LogP contribution in [-0.2, 0) is 9.53 Å². The van der Waals surface area contributed by atoms with Crippen molar-refractivity contribution in [2.24, 2.45) is 0 Å². The van der Waals surface area contributed by atoms with Gasteiger partial charge >= 0.3 is 12.6 Å². The SMILES string of the molecule is CCCN(CC(=O)OCC)C(=O)c1cccc(OC(F)F)c1. The first-order valence-electron chi connectivity index (χ1n) is 6.97. The number of amides is 1. The van der Waals surface area contributed by atoms with Gasteiger partial charge in [0.15, 0.2) is 0 Å². The summed E-state index contributed by atoms with van der Waals surface area (Å²) in [6.07, 6.45) is 0.651. The minimum Gasteiger partial charge on any atom is -0.465 e. The summed E-state index contributed by atoms with van der Waals surface area (Å²) in [5, 5.41) is 0. The van der Waals surface area contributed by atoms with Crippen molar-refractivity contribution in [3.63, 3.8) is 0 Å². The number of hydrogen-bond acceptors (Lipinski definition) is 4. The van der Waals surface area contributed by atoms with Crippen LogP contribution in [0, 0.1) is 0 Å². The van der Waals surface area contributed by atoms with Gasteiger partial charge in [-0.15, -0.1) is 0 Å². The van der Waals surface area contributed by atoms with Crippen LogP contribution in [0.2, 0.25) is 0 Å². The number of halogens is 2. The molecule has 7 heteroatoms. The monoisotopic (exact) mass is 315 g/mol. The van der Waals surface area contributed by atoms with Crippen LogP contribution in [0.1, 0.15) is 30.6 Å². The summed E-state index contributed by atoms with van der Waals surface area (Å²) in [6.45, 7) is 0.983. The smallest absolute Gasteiger partial charge is 0.387 e. The molecule has 0 bridgehead atoms. The lowest BCUT2D eigenvalue weighted by molar-refractivity contribution is -0.143. The van der Waals surface area contributed by atoms with Gasteiger partial charge < -0.3 is 14.4 Å². The fraction of sp³-hybridized carbons (Fsp3) is 0.467. The fourth-order valence-electron chi connectivity index (χ4n) is 1.87. The number of rotatable bonds is 8. The lowest BCUT2D eigenvalue weighted by Crippen LogP contribution is -2.37. The quantitative estimate of drug-likeness (QED) is 0.692. The molecule has 122 valence electrons. The van der Waals surface area contributed by atoms with Gasteiger partial charge in [-0.3, -0.25) is 9.59 Å². The second-order valence-electron chi connectivity index (χ2n) is 4.44. The number of alkyl halides is 2. The fourth-order valence-corrected chi connectivity index (χ4v) is 1.87. The Bertz CT molecular complexity index is 508. The van der Waals surface area contributed by atoms with Crippen molar-refractivity contribution < 1.29 is 27.8 Å². The summed E-state index contributed by atoms with van der Waals surface area (Å²) in [5.74, 6) is -1.05. The van der Waals surface area contributed by atoms with E-state index >= 15 is 0 Å². The van der Waals surface area contributed by atoms with Crippen LogP contribution in [0.25, 0.3) is 0 Å². The average molecular weight is 315 g/mol. The summed E-state index contributed by atoms with van der Waals surface area (Å²) in [7, 11) is 0. The second kappa shape index (κ2) is 8.96. The van der Waals surface area contributed by atoms with Crippen molar-refractivity contribution in [3.8, 4) is 5.75 Å². The first-order valence-corrected chi connectivity index (χ1v) is 6.97. The molecule has 0 aliphatic rings. The Labute approximate surface area is 127 Å². The Balaban J connectivity index is 2.86. The number of benzene rings is 1. The number of carbonyl (C=O) groups excluding carboxylic acids is 2. The summed E-state index contributed by atoms with van der Waals surface area (Å²) in [4.78, 5) is 25.2.